The van der Waals surface area contributed by atoms with E-state index in [0.717, 1.165) is 25.7 Å². The lowest BCUT2D eigenvalue weighted by molar-refractivity contribution is 0.0524. The number of ether oxygens (including phenoxy) is 3. The van der Waals surface area contributed by atoms with Crippen LogP contribution in [0.3, 0.4) is 0 Å². The number of nitrogen functional groups attached to an aromatic ring is 2. The van der Waals surface area contributed by atoms with Crippen LogP contribution >= 0.6 is 0 Å². The van der Waals surface area contributed by atoms with Crippen LogP contribution in [0.5, 0.6) is 11.5 Å². The summed E-state index contributed by atoms with van der Waals surface area (Å²) in [7, 11) is 3.14. The number of benzene rings is 2. The molecule has 4 N–H and O–H groups in total. The average Bonchev–Trinajstić information content (AvgIpc) is 3.52. The minimum Gasteiger partial charge on any atom is -0.493 e. The van der Waals surface area contributed by atoms with Crippen molar-refractivity contribution in [3.05, 3.63) is 80.8 Å². The highest BCUT2D eigenvalue weighted by Crippen LogP contribution is 2.34. The van der Waals surface area contributed by atoms with Crippen LogP contribution in [0.1, 0.15) is 71.3 Å². The molecule has 10 nitrogen and oxygen atoms in total. The molecule has 1 saturated carbocycles. The summed E-state index contributed by atoms with van der Waals surface area (Å²) in [4.78, 5) is 35.1. The van der Waals surface area contributed by atoms with Crippen molar-refractivity contribution in [1.82, 2.24) is 14.5 Å². The summed E-state index contributed by atoms with van der Waals surface area (Å²) >= 11 is 0. The third-order valence-corrected chi connectivity index (χ3v) is 7.47. The van der Waals surface area contributed by atoms with Crippen molar-refractivity contribution >= 4 is 28.6 Å². The topological polar surface area (TPSA) is 145 Å². The van der Waals surface area contributed by atoms with Gasteiger partial charge in [-0.1, -0.05) is 30.7 Å². The van der Waals surface area contributed by atoms with Crippen LogP contribution < -0.4 is 26.4 Å². The standard InChI is InChI=1S/C32H33N5O5/c1-4-42-31(39)24-18-37(23-9-5-6-10-23)25-15-19(12-13-20-8-7-11-26(40-2)29(20)41-3)14-21(27(25)28(24)38)16-22-17-35-32(34)36-30(22)33/h7-8,11,14-15,17-18,23H,4-6,9-10,16H2,1-3H3,(H4,33,34,35,36). The van der Waals surface area contributed by atoms with Gasteiger partial charge < -0.3 is 30.2 Å². The second-order valence-corrected chi connectivity index (χ2v) is 10.1. The molecule has 5 rings (SSSR count). The molecule has 216 valence electrons. The highest BCUT2D eigenvalue weighted by molar-refractivity contribution is 5.95. The summed E-state index contributed by atoms with van der Waals surface area (Å²) in [6.45, 7) is 1.88. The van der Waals surface area contributed by atoms with Gasteiger partial charge in [0, 0.05) is 36.0 Å². The monoisotopic (exact) mass is 567 g/mol. The van der Waals surface area contributed by atoms with Gasteiger partial charge in [-0.2, -0.15) is 4.98 Å². The molecule has 0 saturated heterocycles. The van der Waals surface area contributed by atoms with E-state index in [-0.39, 0.29) is 36.4 Å². The number of carbonyl (C=O) groups excluding carboxylic acids is 1. The third-order valence-electron chi connectivity index (χ3n) is 7.47. The van der Waals surface area contributed by atoms with Crippen molar-refractivity contribution in [2.24, 2.45) is 0 Å². The molecule has 0 amide bonds. The fraction of sp³-hybridized carbons (Fsp3) is 0.312. The second kappa shape index (κ2) is 12.2. The van der Waals surface area contributed by atoms with Gasteiger partial charge in [0.1, 0.15) is 11.4 Å². The first-order valence-corrected chi connectivity index (χ1v) is 13.8. The van der Waals surface area contributed by atoms with E-state index < -0.39 is 11.4 Å². The summed E-state index contributed by atoms with van der Waals surface area (Å²) in [6.07, 6.45) is 7.42. The number of hydrogen-bond donors (Lipinski definition) is 2. The molecule has 0 atom stereocenters. The number of para-hydroxylation sites is 1. The molecule has 1 fully saturated rings. The van der Waals surface area contributed by atoms with E-state index >= 15 is 0 Å². The van der Waals surface area contributed by atoms with E-state index in [0.29, 0.717) is 44.7 Å². The maximum Gasteiger partial charge on any atom is 0.343 e. The number of nitrogens with two attached hydrogens (primary N) is 2. The van der Waals surface area contributed by atoms with E-state index in [1.54, 1.807) is 39.6 Å². The van der Waals surface area contributed by atoms with Gasteiger partial charge in [0.25, 0.3) is 0 Å². The largest absolute Gasteiger partial charge is 0.493 e. The maximum absolute atomic E-state index is 13.9. The fourth-order valence-electron chi connectivity index (χ4n) is 5.50. The number of esters is 1. The van der Waals surface area contributed by atoms with Gasteiger partial charge in [-0.15, -0.1) is 0 Å². The normalized spacial score (nSPS) is 13.0. The van der Waals surface area contributed by atoms with Crippen LogP contribution in [0.2, 0.25) is 0 Å². The zero-order chi connectivity index (χ0) is 29.8. The minimum absolute atomic E-state index is 0.000945. The molecule has 4 aromatic rings. The highest BCUT2D eigenvalue weighted by atomic mass is 16.5. The van der Waals surface area contributed by atoms with E-state index in [2.05, 4.69) is 21.8 Å². The van der Waals surface area contributed by atoms with Crippen molar-refractivity contribution in [2.75, 3.05) is 32.3 Å². The van der Waals surface area contributed by atoms with Crippen LogP contribution in [0.25, 0.3) is 10.9 Å². The Morgan fingerprint density at radius 1 is 1.10 bits per heavy atom. The van der Waals surface area contributed by atoms with Gasteiger partial charge in [-0.3, -0.25) is 4.79 Å². The molecule has 2 aromatic heterocycles. The van der Waals surface area contributed by atoms with Crippen LogP contribution in [-0.4, -0.2) is 41.3 Å². The summed E-state index contributed by atoms with van der Waals surface area (Å²) in [5.41, 5.74) is 14.8. The average molecular weight is 568 g/mol. The Bertz CT molecular complexity index is 1780. The van der Waals surface area contributed by atoms with E-state index in [1.165, 1.54) is 0 Å². The first kappa shape index (κ1) is 28.5. The highest BCUT2D eigenvalue weighted by Gasteiger charge is 2.25. The maximum atomic E-state index is 13.9. The third kappa shape index (κ3) is 5.59. The van der Waals surface area contributed by atoms with Gasteiger partial charge in [0.05, 0.1) is 37.3 Å². The van der Waals surface area contributed by atoms with Crippen molar-refractivity contribution < 1.29 is 19.0 Å². The van der Waals surface area contributed by atoms with Gasteiger partial charge >= 0.3 is 5.97 Å². The molecular weight excluding hydrogens is 534 g/mol. The molecule has 0 radical (unpaired) electrons. The van der Waals surface area contributed by atoms with E-state index in [1.807, 2.05) is 28.8 Å². The molecule has 10 heteroatoms. The van der Waals surface area contributed by atoms with Gasteiger partial charge in [0.15, 0.2) is 11.5 Å². The van der Waals surface area contributed by atoms with Gasteiger partial charge in [-0.05, 0) is 49.6 Å². The van der Waals surface area contributed by atoms with Crippen LogP contribution in [-0.2, 0) is 11.2 Å². The number of methoxy groups -OCH3 is 2. The Hall–Kier alpha value is -5.04. The summed E-state index contributed by atoms with van der Waals surface area (Å²) < 4.78 is 18.3. The van der Waals surface area contributed by atoms with Gasteiger partial charge in [0.2, 0.25) is 11.4 Å². The molecule has 1 aliphatic carbocycles. The quantitative estimate of drug-likeness (QED) is 0.247. The van der Waals surface area contributed by atoms with Gasteiger partial charge in [-0.25, -0.2) is 9.78 Å². The van der Waals surface area contributed by atoms with Crippen molar-refractivity contribution in [3.8, 4) is 23.3 Å². The summed E-state index contributed by atoms with van der Waals surface area (Å²) in [5.74, 6) is 7.17. The molecule has 0 unspecified atom stereocenters. The first-order chi connectivity index (χ1) is 20.3. The fourth-order valence-corrected chi connectivity index (χ4v) is 5.50. The molecule has 1 aliphatic rings. The molecule has 2 heterocycles. The molecular formula is C32H33N5O5. The van der Waals surface area contributed by atoms with Crippen molar-refractivity contribution in [2.45, 2.75) is 45.1 Å². The lowest BCUT2D eigenvalue weighted by Crippen LogP contribution is -2.23. The number of rotatable bonds is 7. The Labute approximate surface area is 243 Å². The van der Waals surface area contributed by atoms with Crippen molar-refractivity contribution in [1.29, 1.82) is 0 Å². The molecule has 0 bridgehead atoms. The van der Waals surface area contributed by atoms with E-state index in [4.69, 9.17) is 25.7 Å². The van der Waals surface area contributed by atoms with Crippen LogP contribution in [0.15, 0.2) is 47.5 Å². The molecule has 0 aliphatic heterocycles. The summed E-state index contributed by atoms with van der Waals surface area (Å²) in [5, 5.41) is 0.410. The summed E-state index contributed by atoms with van der Waals surface area (Å²) in [6, 6.07) is 9.36. The Balaban J connectivity index is 1.77. The predicted molar refractivity (Wildman–Crippen MR) is 161 cm³/mol. The number of anilines is 2. The van der Waals surface area contributed by atoms with E-state index in [9.17, 15) is 9.59 Å². The minimum atomic E-state index is -0.647. The number of fused-ring (bicyclic) bond motifs is 1. The first-order valence-electron chi connectivity index (χ1n) is 13.8. The second-order valence-electron chi connectivity index (χ2n) is 10.1. The number of hydrogen-bond acceptors (Lipinski definition) is 9. The number of aromatic nitrogens is 3. The van der Waals surface area contributed by atoms with Crippen LogP contribution in [0.4, 0.5) is 11.8 Å². The molecule has 2 aromatic carbocycles. The van der Waals surface area contributed by atoms with Crippen molar-refractivity contribution in [3.63, 3.8) is 0 Å². The Kier molecular flexibility index (Phi) is 8.29. The van der Waals surface area contributed by atoms with Crippen LogP contribution in [0, 0.1) is 11.8 Å². The number of carbonyl (C=O) groups is 1. The SMILES string of the molecule is CCOC(=O)c1cn(C2CCCC2)c2cc(C#Cc3cccc(OC)c3OC)cc(Cc3cnc(N)nc3N)c2c1=O. The lowest BCUT2D eigenvalue weighted by atomic mass is 9.96. The predicted octanol–water partition coefficient (Wildman–Crippen LogP) is 4.26. The zero-order valence-corrected chi connectivity index (χ0v) is 23.9. The number of nitrogens with zero attached hydrogens (tertiary/aromatic N) is 3. The number of pyridine rings is 1. The lowest BCUT2D eigenvalue weighted by Gasteiger charge is -2.21. The zero-order valence-electron chi connectivity index (χ0n) is 23.9. The Morgan fingerprint density at radius 3 is 2.57 bits per heavy atom. The molecule has 0 spiro atoms. The molecule has 42 heavy (non-hydrogen) atoms. The Morgan fingerprint density at radius 2 is 1.88 bits per heavy atom. The smallest absolute Gasteiger partial charge is 0.343 e.